The molecular weight excluding hydrogens is 314 g/mol. The number of nitrogens with one attached hydrogen (secondary N) is 1. The van der Waals surface area contributed by atoms with E-state index in [0.717, 1.165) is 11.3 Å². The number of hydrogen-bond acceptors (Lipinski definition) is 3. The lowest BCUT2D eigenvalue weighted by atomic mass is 10.1. The van der Waals surface area contributed by atoms with Gasteiger partial charge in [0.05, 0.1) is 17.9 Å². The van der Waals surface area contributed by atoms with Gasteiger partial charge in [0.1, 0.15) is 5.69 Å². The third-order valence-electron chi connectivity index (χ3n) is 3.90. The Hall–Kier alpha value is -2.92. The van der Waals surface area contributed by atoms with Gasteiger partial charge in [-0.05, 0) is 19.1 Å². The van der Waals surface area contributed by atoms with Gasteiger partial charge in [-0.3, -0.25) is 4.79 Å². The summed E-state index contributed by atoms with van der Waals surface area (Å²) in [5.74, 6) is -0.158. The lowest BCUT2D eigenvalue weighted by Crippen LogP contribution is -2.27. The lowest BCUT2D eigenvalue weighted by molar-refractivity contribution is 0.0937. The maximum absolute atomic E-state index is 12.6. The highest BCUT2D eigenvalue weighted by Crippen LogP contribution is 2.23. The van der Waals surface area contributed by atoms with Crippen molar-refractivity contribution in [2.75, 3.05) is 20.3 Å². The first-order valence-electron chi connectivity index (χ1n) is 8.18. The first kappa shape index (κ1) is 16.9. The summed E-state index contributed by atoms with van der Waals surface area (Å²) in [6, 6.07) is 17.8. The summed E-state index contributed by atoms with van der Waals surface area (Å²) in [5, 5.41) is 7.52. The molecule has 25 heavy (non-hydrogen) atoms. The Morgan fingerprint density at radius 2 is 1.84 bits per heavy atom. The van der Waals surface area contributed by atoms with Crippen molar-refractivity contribution < 1.29 is 9.53 Å². The van der Waals surface area contributed by atoms with Crippen LogP contribution in [0.5, 0.6) is 0 Å². The fraction of sp³-hybridized carbons (Fsp3) is 0.200. The van der Waals surface area contributed by atoms with Gasteiger partial charge in [-0.25, -0.2) is 4.68 Å². The second kappa shape index (κ2) is 7.77. The molecule has 0 aliphatic heterocycles. The monoisotopic (exact) mass is 335 g/mol. The van der Waals surface area contributed by atoms with Crippen molar-refractivity contribution >= 4 is 5.91 Å². The van der Waals surface area contributed by atoms with Crippen molar-refractivity contribution in [3.63, 3.8) is 0 Å². The zero-order chi connectivity index (χ0) is 17.6. The minimum Gasteiger partial charge on any atom is -0.383 e. The summed E-state index contributed by atoms with van der Waals surface area (Å²) in [6.45, 7) is 2.97. The van der Waals surface area contributed by atoms with Crippen LogP contribution in [0.15, 0.2) is 60.8 Å². The van der Waals surface area contributed by atoms with Crippen molar-refractivity contribution in [1.82, 2.24) is 15.1 Å². The molecule has 3 rings (SSSR count). The second-order valence-corrected chi connectivity index (χ2v) is 5.79. The molecule has 0 saturated heterocycles. The van der Waals surface area contributed by atoms with Crippen molar-refractivity contribution in [3.8, 4) is 16.9 Å². The van der Waals surface area contributed by atoms with Gasteiger partial charge >= 0.3 is 0 Å². The van der Waals surface area contributed by atoms with Crippen molar-refractivity contribution in [2.45, 2.75) is 6.92 Å². The van der Waals surface area contributed by atoms with Gasteiger partial charge in [0.15, 0.2) is 0 Å². The SMILES string of the molecule is COCCNC(=O)c1cn(-c2ccc(C)cc2)nc1-c1ccccc1. The van der Waals surface area contributed by atoms with Gasteiger partial charge in [-0.2, -0.15) is 5.10 Å². The van der Waals surface area contributed by atoms with Crippen LogP contribution in [0, 0.1) is 6.92 Å². The van der Waals surface area contributed by atoms with E-state index in [9.17, 15) is 4.79 Å². The molecule has 3 aromatic rings. The molecule has 0 fully saturated rings. The summed E-state index contributed by atoms with van der Waals surface area (Å²) in [5.41, 5.74) is 4.21. The van der Waals surface area contributed by atoms with E-state index >= 15 is 0 Å². The van der Waals surface area contributed by atoms with E-state index in [0.29, 0.717) is 24.4 Å². The van der Waals surface area contributed by atoms with Crippen LogP contribution in [0.4, 0.5) is 0 Å². The molecule has 0 unspecified atom stereocenters. The van der Waals surface area contributed by atoms with Gasteiger partial charge in [0, 0.05) is 25.4 Å². The summed E-state index contributed by atoms with van der Waals surface area (Å²) >= 11 is 0. The molecule has 1 amide bonds. The summed E-state index contributed by atoms with van der Waals surface area (Å²) in [6.07, 6.45) is 1.77. The molecule has 0 bridgehead atoms. The molecule has 0 radical (unpaired) electrons. The van der Waals surface area contributed by atoms with Gasteiger partial charge in [-0.15, -0.1) is 0 Å². The Bertz CT molecular complexity index is 839. The molecule has 0 atom stereocenters. The summed E-state index contributed by atoms with van der Waals surface area (Å²) in [4.78, 5) is 12.6. The number of nitrogens with zero attached hydrogens (tertiary/aromatic N) is 2. The summed E-state index contributed by atoms with van der Waals surface area (Å²) in [7, 11) is 1.61. The molecule has 1 aromatic heterocycles. The van der Waals surface area contributed by atoms with E-state index in [-0.39, 0.29) is 5.91 Å². The number of amides is 1. The molecule has 0 aliphatic carbocycles. The number of ether oxygens (including phenoxy) is 1. The average Bonchev–Trinajstić information content (AvgIpc) is 3.09. The molecule has 5 heteroatoms. The Balaban J connectivity index is 1.99. The largest absolute Gasteiger partial charge is 0.383 e. The van der Waals surface area contributed by atoms with E-state index in [1.54, 1.807) is 18.0 Å². The van der Waals surface area contributed by atoms with E-state index in [1.165, 1.54) is 5.56 Å². The number of rotatable bonds is 6. The Morgan fingerprint density at radius 1 is 1.12 bits per heavy atom. The van der Waals surface area contributed by atoms with Gasteiger partial charge in [0.2, 0.25) is 0 Å². The zero-order valence-electron chi connectivity index (χ0n) is 14.4. The fourth-order valence-corrected chi connectivity index (χ4v) is 2.54. The van der Waals surface area contributed by atoms with Crippen LogP contribution in [0.1, 0.15) is 15.9 Å². The number of benzene rings is 2. The predicted octanol–water partition coefficient (Wildman–Crippen LogP) is 3.22. The number of aryl methyl sites for hydroxylation is 1. The van der Waals surface area contributed by atoms with Gasteiger partial charge < -0.3 is 10.1 Å². The number of aromatic nitrogens is 2. The maximum Gasteiger partial charge on any atom is 0.255 e. The number of hydrogen-bond donors (Lipinski definition) is 1. The first-order valence-corrected chi connectivity index (χ1v) is 8.18. The van der Waals surface area contributed by atoms with Gasteiger partial charge in [-0.1, -0.05) is 48.0 Å². The zero-order valence-corrected chi connectivity index (χ0v) is 14.4. The van der Waals surface area contributed by atoms with Crippen LogP contribution in [0.2, 0.25) is 0 Å². The van der Waals surface area contributed by atoms with E-state index in [2.05, 4.69) is 10.4 Å². The fourth-order valence-electron chi connectivity index (χ4n) is 2.54. The third-order valence-corrected chi connectivity index (χ3v) is 3.90. The molecule has 1 heterocycles. The highest BCUT2D eigenvalue weighted by atomic mass is 16.5. The molecule has 5 nitrogen and oxygen atoms in total. The molecule has 0 spiro atoms. The smallest absolute Gasteiger partial charge is 0.255 e. The maximum atomic E-state index is 12.6. The lowest BCUT2D eigenvalue weighted by Gasteiger charge is -2.04. The van der Waals surface area contributed by atoms with Crippen LogP contribution in [-0.4, -0.2) is 35.9 Å². The van der Waals surface area contributed by atoms with Crippen LogP contribution >= 0.6 is 0 Å². The minimum atomic E-state index is -0.158. The van der Waals surface area contributed by atoms with E-state index in [4.69, 9.17) is 4.74 Å². The van der Waals surface area contributed by atoms with E-state index < -0.39 is 0 Å². The Kier molecular flexibility index (Phi) is 5.26. The molecule has 0 aliphatic rings. The molecule has 128 valence electrons. The van der Waals surface area contributed by atoms with Crippen LogP contribution in [-0.2, 0) is 4.74 Å². The van der Waals surface area contributed by atoms with Crippen LogP contribution in [0.25, 0.3) is 16.9 Å². The molecule has 1 N–H and O–H groups in total. The standard InChI is InChI=1S/C20H21N3O2/c1-15-8-10-17(11-9-15)23-14-18(20(24)21-12-13-25-2)19(22-23)16-6-4-3-5-7-16/h3-11,14H,12-13H2,1-2H3,(H,21,24). The minimum absolute atomic E-state index is 0.158. The number of carbonyl (C=O) groups is 1. The highest BCUT2D eigenvalue weighted by molar-refractivity contribution is 5.99. The van der Waals surface area contributed by atoms with Crippen molar-refractivity contribution in [2.24, 2.45) is 0 Å². The molecule has 2 aromatic carbocycles. The molecular formula is C20H21N3O2. The van der Waals surface area contributed by atoms with Crippen LogP contribution < -0.4 is 5.32 Å². The molecule has 0 saturated carbocycles. The van der Waals surface area contributed by atoms with Crippen molar-refractivity contribution in [3.05, 3.63) is 71.9 Å². The topological polar surface area (TPSA) is 56.1 Å². The highest BCUT2D eigenvalue weighted by Gasteiger charge is 2.18. The predicted molar refractivity (Wildman–Crippen MR) is 97.9 cm³/mol. The number of methoxy groups -OCH3 is 1. The summed E-state index contributed by atoms with van der Waals surface area (Å²) < 4.78 is 6.74. The first-order chi connectivity index (χ1) is 12.2. The Labute approximate surface area is 147 Å². The normalized spacial score (nSPS) is 10.6. The average molecular weight is 335 g/mol. The number of carbonyl (C=O) groups excluding carboxylic acids is 1. The van der Waals surface area contributed by atoms with E-state index in [1.807, 2.05) is 61.5 Å². The van der Waals surface area contributed by atoms with Gasteiger partial charge in [0.25, 0.3) is 5.91 Å². The third kappa shape index (κ3) is 3.95. The van der Waals surface area contributed by atoms with Crippen LogP contribution in [0.3, 0.4) is 0 Å². The van der Waals surface area contributed by atoms with Crippen molar-refractivity contribution in [1.29, 1.82) is 0 Å². The second-order valence-electron chi connectivity index (χ2n) is 5.79. The Morgan fingerprint density at radius 3 is 2.52 bits per heavy atom. The quantitative estimate of drug-likeness (QED) is 0.704.